The van der Waals surface area contributed by atoms with Crippen LogP contribution in [-0.2, 0) is 16.0 Å². The summed E-state index contributed by atoms with van der Waals surface area (Å²) in [5, 5.41) is 7.45. The van der Waals surface area contributed by atoms with Gasteiger partial charge in [0.1, 0.15) is 0 Å². The zero-order valence-corrected chi connectivity index (χ0v) is 16.4. The number of aromatic nitrogens is 4. The Hall–Kier alpha value is -2.48. The first-order valence-electron chi connectivity index (χ1n) is 9.38. The summed E-state index contributed by atoms with van der Waals surface area (Å²) in [6, 6.07) is 0. The highest BCUT2D eigenvalue weighted by Gasteiger charge is 2.18. The molecule has 1 amide bonds. The van der Waals surface area contributed by atoms with Crippen molar-refractivity contribution in [1.29, 1.82) is 0 Å². The van der Waals surface area contributed by atoms with Crippen molar-refractivity contribution in [3.8, 4) is 5.95 Å². The Morgan fingerprint density at radius 2 is 2.07 bits per heavy atom. The van der Waals surface area contributed by atoms with Crippen molar-refractivity contribution in [2.24, 2.45) is 0 Å². The number of hydrogen-bond acceptors (Lipinski definition) is 5. The number of H-pyrrole nitrogens is 1. The smallest absolute Gasteiger partial charge is 0.255 e. The van der Waals surface area contributed by atoms with Gasteiger partial charge in [0.2, 0.25) is 11.9 Å². The fourth-order valence-electron chi connectivity index (χ4n) is 3.33. The molecule has 2 aromatic heterocycles. The maximum Gasteiger partial charge on any atom is 0.255 e. The van der Waals surface area contributed by atoms with Gasteiger partial charge < -0.3 is 10.1 Å². The van der Waals surface area contributed by atoms with Crippen LogP contribution in [0.3, 0.4) is 0 Å². The molecule has 8 nitrogen and oxygen atoms in total. The molecule has 1 saturated heterocycles. The lowest BCUT2D eigenvalue weighted by Gasteiger charge is -2.11. The minimum atomic E-state index is -0.167. The highest BCUT2D eigenvalue weighted by molar-refractivity contribution is 5.76. The molecule has 2 N–H and O–H groups in total. The van der Waals surface area contributed by atoms with Crippen LogP contribution in [0, 0.1) is 27.7 Å². The second kappa shape index (κ2) is 8.04. The molecule has 1 atom stereocenters. The van der Waals surface area contributed by atoms with Crippen molar-refractivity contribution < 1.29 is 9.53 Å². The third-order valence-corrected chi connectivity index (χ3v) is 5.18. The quantitative estimate of drug-likeness (QED) is 0.797. The lowest BCUT2D eigenvalue weighted by molar-refractivity contribution is -0.121. The third kappa shape index (κ3) is 4.27. The predicted octanol–water partition coefficient (Wildman–Crippen LogP) is 1.42. The van der Waals surface area contributed by atoms with E-state index in [1.807, 2.05) is 13.8 Å². The molecule has 3 heterocycles. The highest BCUT2D eigenvalue weighted by atomic mass is 16.5. The van der Waals surface area contributed by atoms with Crippen LogP contribution in [0.15, 0.2) is 4.79 Å². The van der Waals surface area contributed by atoms with E-state index in [0.717, 1.165) is 36.4 Å². The normalized spacial score (nSPS) is 16.7. The largest absolute Gasteiger partial charge is 0.376 e. The van der Waals surface area contributed by atoms with Crippen molar-refractivity contribution in [2.45, 2.75) is 59.5 Å². The summed E-state index contributed by atoms with van der Waals surface area (Å²) >= 11 is 0. The maximum absolute atomic E-state index is 12.1. The van der Waals surface area contributed by atoms with E-state index in [1.165, 1.54) is 0 Å². The number of carbonyl (C=O) groups excluding carboxylic acids is 1. The molecule has 0 aliphatic carbocycles. The topological polar surface area (TPSA) is 102 Å². The number of ether oxygens (including phenoxy) is 1. The Labute approximate surface area is 158 Å². The van der Waals surface area contributed by atoms with Gasteiger partial charge in [-0.2, -0.15) is 5.10 Å². The number of hydrogen-bond donors (Lipinski definition) is 2. The molecule has 1 unspecified atom stereocenters. The zero-order chi connectivity index (χ0) is 19.6. The molecular formula is C19H27N5O3. The Morgan fingerprint density at radius 3 is 2.74 bits per heavy atom. The second-order valence-corrected chi connectivity index (χ2v) is 7.10. The summed E-state index contributed by atoms with van der Waals surface area (Å²) in [6.45, 7) is 8.74. The molecule has 0 spiro atoms. The van der Waals surface area contributed by atoms with Gasteiger partial charge in [0.25, 0.3) is 5.56 Å². The van der Waals surface area contributed by atoms with Crippen LogP contribution in [0.1, 0.15) is 47.5 Å². The molecule has 0 aromatic carbocycles. The number of nitrogens with zero attached hydrogens (tertiary/aromatic N) is 3. The first-order chi connectivity index (χ1) is 12.9. The number of aromatic amines is 1. The van der Waals surface area contributed by atoms with Gasteiger partial charge in [0, 0.05) is 36.5 Å². The molecule has 27 heavy (non-hydrogen) atoms. The van der Waals surface area contributed by atoms with Gasteiger partial charge in [0.05, 0.1) is 11.8 Å². The molecule has 1 aliphatic rings. The Balaban J connectivity index is 1.68. The van der Waals surface area contributed by atoms with Gasteiger partial charge in [-0.05, 0) is 52.5 Å². The van der Waals surface area contributed by atoms with Crippen LogP contribution in [0.5, 0.6) is 0 Å². The standard InChI is InChI=1S/C19H27N5O3/c1-11-12(2)21-19(22-18(11)26)24-14(4)16(13(3)23-24)7-8-17(25)20-10-15-6-5-9-27-15/h15H,5-10H2,1-4H3,(H,20,25)(H,21,22,26). The van der Waals surface area contributed by atoms with E-state index in [4.69, 9.17) is 4.74 Å². The van der Waals surface area contributed by atoms with Crippen molar-refractivity contribution >= 4 is 5.91 Å². The van der Waals surface area contributed by atoms with E-state index in [-0.39, 0.29) is 17.6 Å². The third-order valence-electron chi connectivity index (χ3n) is 5.18. The van der Waals surface area contributed by atoms with Gasteiger partial charge in [-0.15, -0.1) is 0 Å². The first kappa shape index (κ1) is 19.3. The summed E-state index contributed by atoms with van der Waals surface area (Å²) in [5.74, 6) is 0.410. The number of aryl methyl sites for hydroxylation is 2. The van der Waals surface area contributed by atoms with Gasteiger partial charge in [-0.3, -0.25) is 14.6 Å². The SMILES string of the molecule is Cc1nn(-c2nc(C)c(C)c(=O)[nH]2)c(C)c1CCC(=O)NCC1CCCO1. The minimum absolute atomic E-state index is 0.00904. The lowest BCUT2D eigenvalue weighted by Crippen LogP contribution is -2.31. The number of carbonyl (C=O) groups is 1. The fraction of sp³-hybridized carbons (Fsp3) is 0.579. The van der Waals surface area contributed by atoms with Crippen LogP contribution in [0.25, 0.3) is 5.95 Å². The van der Waals surface area contributed by atoms with Gasteiger partial charge in [0.15, 0.2) is 0 Å². The summed E-state index contributed by atoms with van der Waals surface area (Å²) in [5.41, 5.74) is 3.83. The van der Waals surface area contributed by atoms with E-state index >= 15 is 0 Å². The van der Waals surface area contributed by atoms with Crippen LogP contribution < -0.4 is 10.9 Å². The molecule has 0 saturated carbocycles. The molecule has 146 valence electrons. The van der Waals surface area contributed by atoms with Crippen LogP contribution in [0.4, 0.5) is 0 Å². The molecule has 2 aromatic rings. The van der Waals surface area contributed by atoms with Crippen molar-refractivity contribution in [3.05, 3.63) is 38.6 Å². The van der Waals surface area contributed by atoms with E-state index in [9.17, 15) is 9.59 Å². The van der Waals surface area contributed by atoms with Crippen molar-refractivity contribution in [2.75, 3.05) is 13.2 Å². The summed E-state index contributed by atoms with van der Waals surface area (Å²) in [6.07, 6.45) is 3.19. The van der Waals surface area contributed by atoms with Gasteiger partial charge in [-0.1, -0.05) is 0 Å². The maximum atomic E-state index is 12.1. The average molecular weight is 373 g/mol. The summed E-state index contributed by atoms with van der Waals surface area (Å²) in [4.78, 5) is 31.4. The summed E-state index contributed by atoms with van der Waals surface area (Å²) < 4.78 is 7.16. The first-order valence-corrected chi connectivity index (χ1v) is 9.38. The minimum Gasteiger partial charge on any atom is -0.376 e. The van der Waals surface area contributed by atoms with Crippen LogP contribution in [0.2, 0.25) is 0 Å². The van der Waals surface area contributed by atoms with E-state index in [1.54, 1.807) is 18.5 Å². The van der Waals surface area contributed by atoms with E-state index in [2.05, 4.69) is 20.4 Å². The summed E-state index contributed by atoms with van der Waals surface area (Å²) in [7, 11) is 0. The van der Waals surface area contributed by atoms with E-state index in [0.29, 0.717) is 36.6 Å². The van der Waals surface area contributed by atoms with Crippen molar-refractivity contribution in [1.82, 2.24) is 25.1 Å². The monoisotopic (exact) mass is 373 g/mol. The van der Waals surface area contributed by atoms with Crippen molar-refractivity contribution in [3.63, 3.8) is 0 Å². The number of amides is 1. The van der Waals surface area contributed by atoms with Crippen LogP contribution >= 0.6 is 0 Å². The predicted molar refractivity (Wildman–Crippen MR) is 101 cm³/mol. The molecule has 3 rings (SSSR count). The van der Waals surface area contributed by atoms with Gasteiger partial charge >= 0.3 is 0 Å². The lowest BCUT2D eigenvalue weighted by atomic mass is 10.1. The molecule has 8 heteroatoms. The van der Waals surface area contributed by atoms with Crippen LogP contribution in [-0.4, -0.2) is 44.9 Å². The number of nitrogens with one attached hydrogen (secondary N) is 2. The van der Waals surface area contributed by atoms with E-state index < -0.39 is 0 Å². The molecule has 1 fully saturated rings. The molecule has 0 radical (unpaired) electrons. The fourth-order valence-corrected chi connectivity index (χ4v) is 3.33. The Bertz CT molecular complexity index is 893. The highest BCUT2D eigenvalue weighted by Crippen LogP contribution is 2.18. The molecule has 1 aliphatic heterocycles. The Morgan fingerprint density at radius 1 is 1.30 bits per heavy atom. The molecular weight excluding hydrogens is 346 g/mol. The average Bonchev–Trinajstić information content (AvgIpc) is 3.24. The van der Waals surface area contributed by atoms with Gasteiger partial charge in [-0.25, -0.2) is 9.67 Å². The zero-order valence-electron chi connectivity index (χ0n) is 16.4. The molecule has 0 bridgehead atoms. The Kier molecular flexibility index (Phi) is 5.74. The number of rotatable bonds is 6. The second-order valence-electron chi connectivity index (χ2n) is 7.10.